The highest BCUT2D eigenvalue weighted by molar-refractivity contribution is 5.84. The van der Waals surface area contributed by atoms with Crippen LogP contribution in [-0.4, -0.2) is 39.6 Å². The van der Waals surface area contributed by atoms with Gasteiger partial charge in [0, 0.05) is 13.6 Å². The van der Waals surface area contributed by atoms with Gasteiger partial charge in [0.1, 0.15) is 13.1 Å². The third-order valence-electron chi connectivity index (χ3n) is 4.87. The summed E-state index contributed by atoms with van der Waals surface area (Å²) >= 11 is 0. The molecule has 3 rings (SSSR count). The van der Waals surface area contributed by atoms with Gasteiger partial charge in [-0.15, -0.1) is 0 Å². The van der Waals surface area contributed by atoms with Crippen LogP contribution >= 0.6 is 0 Å². The number of aryl methyl sites for hydroxylation is 2. The molecule has 1 heterocycles. The molecule has 0 atom stereocenters. The number of ether oxygens (including phenoxy) is 1. The molecule has 7 heteroatoms. The summed E-state index contributed by atoms with van der Waals surface area (Å²) in [5, 5.41) is 0. The van der Waals surface area contributed by atoms with E-state index in [1.165, 1.54) is 21.1 Å². The molecule has 0 bridgehead atoms. The Hall–Kier alpha value is -3.35. The molecule has 1 aromatic heterocycles. The minimum absolute atomic E-state index is 0.150. The van der Waals surface area contributed by atoms with Crippen molar-refractivity contribution < 1.29 is 14.3 Å². The second-order valence-corrected chi connectivity index (χ2v) is 6.67. The lowest BCUT2D eigenvalue weighted by atomic mass is 10.1. The highest BCUT2D eigenvalue weighted by Gasteiger charge is 2.21. The largest absolute Gasteiger partial charge is 0.468 e. The fourth-order valence-corrected chi connectivity index (χ4v) is 3.20. The molecule has 0 aliphatic carbocycles. The van der Waals surface area contributed by atoms with Crippen molar-refractivity contribution in [3.05, 3.63) is 70.1 Å². The first kappa shape index (κ1) is 19.4. The maximum Gasteiger partial charge on any atom is 0.329 e. The smallest absolute Gasteiger partial charge is 0.329 e. The summed E-state index contributed by atoms with van der Waals surface area (Å²) in [7, 11) is 2.96. The molecule has 2 aromatic carbocycles. The van der Waals surface area contributed by atoms with Gasteiger partial charge in [0.2, 0.25) is 5.91 Å². The molecule has 146 valence electrons. The molecule has 7 nitrogen and oxygen atoms in total. The average Bonchev–Trinajstić information content (AvgIpc) is 2.94. The van der Waals surface area contributed by atoms with Crippen LogP contribution in [0.2, 0.25) is 0 Å². The number of imidazole rings is 1. The summed E-state index contributed by atoms with van der Waals surface area (Å²) in [5.41, 5.74) is 3.11. The number of carbonyl (C=O) groups is 2. The molecule has 0 unspecified atom stereocenters. The number of esters is 1. The van der Waals surface area contributed by atoms with Crippen molar-refractivity contribution in [3.8, 4) is 0 Å². The van der Waals surface area contributed by atoms with Gasteiger partial charge in [0.05, 0.1) is 18.1 Å². The average molecular weight is 381 g/mol. The number of benzene rings is 2. The molecule has 0 spiro atoms. The van der Waals surface area contributed by atoms with Crippen molar-refractivity contribution in [1.29, 1.82) is 0 Å². The number of aromatic nitrogens is 2. The van der Waals surface area contributed by atoms with Gasteiger partial charge in [-0.3, -0.25) is 18.7 Å². The fraction of sp³-hybridized carbons (Fsp3) is 0.286. The summed E-state index contributed by atoms with van der Waals surface area (Å²) in [6.07, 6.45) is 0. The second-order valence-electron chi connectivity index (χ2n) is 6.67. The highest BCUT2D eigenvalue weighted by Crippen LogP contribution is 2.14. The lowest BCUT2D eigenvalue weighted by Gasteiger charge is -2.22. The number of para-hydroxylation sites is 2. The Labute approximate surface area is 162 Å². The molecule has 1 amide bonds. The van der Waals surface area contributed by atoms with Crippen LogP contribution in [0.5, 0.6) is 0 Å². The van der Waals surface area contributed by atoms with E-state index in [0.29, 0.717) is 5.52 Å². The number of amides is 1. The fourth-order valence-electron chi connectivity index (χ4n) is 3.20. The Morgan fingerprint density at radius 1 is 1.04 bits per heavy atom. The van der Waals surface area contributed by atoms with Crippen molar-refractivity contribution in [2.75, 3.05) is 13.7 Å². The summed E-state index contributed by atoms with van der Waals surface area (Å²) in [6.45, 7) is 1.89. The summed E-state index contributed by atoms with van der Waals surface area (Å²) in [6, 6.07) is 15.0. The first-order valence-electron chi connectivity index (χ1n) is 8.95. The first-order valence-corrected chi connectivity index (χ1v) is 8.95. The SMILES string of the molecule is COC(=O)CN(Cc1ccccc1C)C(=O)Cn1c(=O)n(C)c2ccccc21. The predicted octanol–water partition coefficient (Wildman–Crippen LogP) is 1.85. The molecule has 0 saturated heterocycles. The van der Waals surface area contributed by atoms with Gasteiger partial charge < -0.3 is 9.64 Å². The molecule has 0 N–H and O–H groups in total. The van der Waals surface area contributed by atoms with Crippen molar-refractivity contribution in [2.24, 2.45) is 7.05 Å². The maximum absolute atomic E-state index is 13.0. The van der Waals surface area contributed by atoms with E-state index < -0.39 is 5.97 Å². The molecule has 0 radical (unpaired) electrons. The van der Waals surface area contributed by atoms with Gasteiger partial charge in [0.15, 0.2) is 0 Å². The van der Waals surface area contributed by atoms with E-state index in [1.807, 2.05) is 49.4 Å². The van der Waals surface area contributed by atoms with Gasteiger partial charge >= 0.3 is 11.7 Å². The quantitative estimate of drug-likeness (QED) is 0.611. The van der Waals surface area contributed by atoms with Crippen LogP contribution in [0.4, 0.5) is 0 Å². The van der Waals surface area contributed by atoms with Gasteiger partial charge in [-0.1, -0.05) is 36.4 Å². The minimum atomic E-state index is -0.507. The van der Waals surface area contributed by atoms with E-state index in [2.05, 4.69) is 0 Å². The third-order valence-corrected chi connectivity index (χ3v) is 4.87. The summed E-state index contributed by atoms with van der Waals surface area (Å²) < 4.78 is 7.68. The monoisotopic (exact) mass is 381 g/mol. The van der Waals surface area contributed by atoms with Gasteiger partial charge in [0.25, 0.3) is 0 Å². The number of fused-ring (bicyclic) bond motifs is 1. The zero-order chi connectivity index (χ0) is 20.3. The number of rotatable bonds is 6. The number of hydrogen-bond donors (Lipinski definition) is 0. The zero-order valence-electron chi connectivity index (χ0n) is 16.2. The van der Waals surface area contributed by atoms with Crippen LogP contribution in [0.25, 0.3) is 11.0 Å². The predicted molar refractivity (Wildman–Crippen MR) is 106 cm³/mol. The molecule has 0 aliphatic rings. The minimum Gasteiger partial charge on any atom is -0.468 e. The van der Waals surface area contributed by atoms with Crippen LogP contribution < -0.4 is 5.69 Å². The topological polar surface area (TPSA) is 73.5 Å². The highest BCUT2D eigenvalue weighted by atomic mass is 16.5. The van der Waals surface area contributed by atoms with Crippen LogP contribution in [0.1, 0.15) is 11.1 Å². The molecule has 3 aromatic rings. The van der Waals surface area contributed by atoms with E-state index in [4.69, 9.17) is 4.74 Å². The Morgan fingerprint density at radius 3 is 2.36 bits per heavy atom. The molecular weight excluding hydrogens is 358 g/mol. The number of nitrogens with zero attached hydrogens (tertiary/aromatic N) is 3. The van der Waals surface area contributed by atoms with Crippen LogP contribution in [0.15, 0.2) is 53.3 Å². The van der Waals surface area contributed by atoms with Crippen molar-refractivity contribution >= 4 is 22.9 Å². The van der Waals surface area contributed by atoms with E-state index in [9.17, 15) is 14.4 Å². The molecule has 0 fully saturated rings. The third kappa shape index (κ3) is 3.83. The van der Waals surface area contributed by atoms with Gasteiger partial charge in [-0.2, -0.15) is 0 Å². The lowest BCUT2D eigenvalue weighted by Crippen LogP contribution is -2.39. The standard InChI is InChI=1S/C21H23N3O4/c1-15-8-4-5-9-16(15)12-23(14-20(26)28-3)19(25)13-24-18-11-7-6-10-17(18)22(2)21(24)27/h4-11H,12-14H2,1-3H3. The molecular formula is C21H23N3O4. The van der Waals surface area contributed by atoms with E-state index in [0.717, 1.165) is 16.6 Å². The van der Waals surface area contributed by atoms with E-state index >= 15 is 0 Å². The first-order chi connectivity index (χ1) is 13.4. The van der Waals surface area contributed by atoms with Crippen molar-refractivity contribution in [1.82, 2.24) is 14.0 Å². The van der Waals surface area contributed by atoms with Crippen LogP contribution in [0.3, 0.4) is 0 Å². The number of carbonyl (C=O) groups excluding carboxylic acids is 2. The summed E-state index contributed by atoms with van der Waals surface area (Å²) in [4.78, 5) is 38.9. The van der Waals surface area contributed by atoms with Crippen molar-refractivity contribution in [2.45, 2.75) is 20.0 Å². The summed E-state index contributed by atoms with van der Waals surface area (Å²) in [5.74, 6) is -0.834. The van der Waals surface area contributed by atoms with Crippen molar-refractivity contribution in [3.63, 3.8) is 0 Å². The Bertz CT molecular complexity index is 1080. The normalized spacial score (nSPS) is 10.8. The van der Waals surface area contributed by atoms with Gasteiger partial charge in [-0.05, 0) is 30.2 Å². The van der Waals surface area contributed by atoms with Crippen LogP contribution in [0, 0.1) is 6.92 Å². The molecule has 0 aliphatic heterocycles. The second kappa shape index (κ2) is 8.12. The zero-order valence-corrected chi connectivity index (χ0v) is 16.2. The number of hydrogen-bond acceptors (Lipinski definition) is 4. The molecule has 28 heavy (non-hydrogen) atoms. The Morgan fingerprint density at radius 2 is 1.68 bits per heavy atom. The maximum atomic E-state index is 13.0. The van der Waals surface area contributed by atoms with E-state index in [1.54, 1.807) is 13.1 Å². The Kier molecular flexibility index (Phi) is 5.63. The molecule has 0 saturated carbocycles. The van der Waals surface area contributed by atoms with Gasteiger partial charge in [-0.25, -0.2) is 4.79 Å². The van der Waals surface area contributed by atoms with Crippen LogP contribution in [-0.2, 0) is 34.5 Å². The Balaban J connectivity index is 1.92. The lowest BCUT2D eigenvalue weighted by molar-refractivity contribution is -0.147. The van der Waals surface area contributed by atoms with E-state index in [-0.39, 0.29) is 31.2 Å². The number of methoxy groups -OCH3 is 1.